The zero-order valence-electron chi connectivity index (χ0n) is 36.0. The number of ether oxygens (including phenoxy) is 8. The van der Waals surface area contributed by atoms with Crippen LogP contribution in [0.15, 0.2) is 117 Å². The van der Waals surface area contributed by atoms with Crippen LogP contribution in [-0.2, 0) is 18.9 Å². The van der Waals surface area contributed by atoms with E-state index in [0.29, 0.717) is 38.0 Å². The van der Waals surface area contributed by atoms with E-state index in [9.17, 15) is 24.4 Å². The second kappa shape index (κ2) is 20.0. The van der Waals surface area contributed by atoms with Gasteiger partial charge in [0.1, 0.15) is 11.5 Å². The number of thioether (sulfide) groups is 2. The second-order valence-corrected chi connectivity index (χ2v) is 17.5. The van der Waals surface area contributed by atoms with Crippen molar-refractivity contribution in [2.75, 3.05) is 27.4 Å². The van der Waals surface area contributed by atoms with E-state index < -0.39 is 36.1 Å². The Morgan fingerprint density at radius 3 is 1.33 bits per heavy atom. The number of nitrogens with zero attached hydrogens (tertiary/aromatic N) is 2. The van der Waals surface area contributed by atoms with E-state index in [1.165, 1.54) is 48.5 Å². The summed E-state index contributed by atoms with van der Waals surface area (Å²) >= 11 is 2.17. The third-order valence-corrected chi connectivity index (χ3v) is 13.9. The molecule has 5 aromatic rings. The number of hydrogen-bond acceptors (Lipinski definition) is 15. The van der Waals surface area contributed by atoms with Gasteiger partial charge in [0.2, 0.25) is 0 Å². The Labute approximate surface area is 388 Å². The molecular weight excluding hydrogens is 885 g/mol. The van der Waals surface area contributed by atoms with Crippen LogP contribution in [0.1, 0.15) is 92.6 Å². The maximum Gasteiger partial charge on any atom is 0.513 e. The lowest BCUT2D eigenvalue weighted by Crippen LogP contribution is -2.30. The summed E-state index contributed by atoms with van der Waals surface area (Å²) in [5, 5.41) is 10.0. The van der Waals surface area contributed by atoms with Crippen molar-refractivity contribution >= 4 is 47.8 Å². The molecule has 0 fully saturated rings. The predicted molar refractivity (Wildman–Crippen MR) is 241 cm³/mol. The van der Waals surface area contributed by atoms with Crippen LogP contribution in [-0.4, -0.2) is 63.9 Å². The summed E-state index contributed by atoms with van der Waals surface area (Å²) in [7, 11) is 3.13. The van der Waals surface area contributed by atoms with E-state index in [4.69, 9.17) is 44.5 Å². The molecular formula is C50H40N2O12S2. The minimum absolute atomic E-state index is 0.0959. The number of benzene rings is 5. The van der Waals surface area contributed by atoms with Gasteiger partial charge in [-0.1, -0.05) is 72.1 Å². The molecule has 5 aromatic carbocycles. The predicted octanol–water partition coefficient (Wildman–Crippen LogP) is 10.8. The van der Waals surface area contributed by atoms with E-state index >= 15 is 0 Å². The first kappa shape index (κ1) is 45.5. The number of carbonyl (C=O) groups excluding carboxylic acids is 4. The Balaban J connectivity index is 1.17. The molecule has 2 unspecified atom stereocenters. The topological polar surface area (TPSA) is 170 Å². The number of nitriles is 1. The number of fused-ring (bicyclic) bond motifs is 1. The summed E-state index contributed by atoms with van der Waals surface area (Å²) in [6.07, 6.45) is -1.06. The molecule has 0 aromatic heterocycles. The van der Waals surface area contributed by atoms with Crippen molar-refractivity contribution in [3.05, 3.63) is 163 Å². The summed E-state index contributed by atoms with van der Waals surface area (Å²) in [5.74, 6) is -1.77. The van der Waals surface area contributed by atoms with E-state index in [2.05, 4.69) is 4.85 Å². The Kier molecular flexibility index (Phi) is 13.8. The van der Waals surface area contributed by atoms with Crippen molar-refractivity contribution in [1.29, 1.82) is 5.26 Å². The fraction of sp³-hybridized carbons (Fsp3) is 0.240. The fourth-order valence-corrected chi connectivity index (χ4v) is 10.4. The zero-order valence-corrected chi connectivity index (χ0v) is 37.6. The average molecular weight is 925 g/mol. The molecule has 2 bridgehead atoms. The SMILES string of the molecule is [C-]#[N+]C(C#N)=C1Sc2c(OC(=O)c3ccc(OC(=O)OCCC(C)OC)cc3)c3c(c(OC(=O)c4ccc(OC(=O)OCCC(C)OC)cc4)c2S1)C1c2ccccc2C3c2ccccc21. The maximum absolute atomic E-state index is 14.3. The quantitative estimate of drug-likeness (QED) is 0.0331. The van der Waals surface area contributed by atoms with Crippen molar-refractivity contribution in [1.82, 2.24) is 0 Å². The van der Waals surface area contributed by atoms with Crippen LogP contribution in [0.5, 0.6) is 23.0 Å². The van der Waals surface area contributed by atoms with E-state index in [1.54, 1.807) is 14.2 Å². The fourth-order valence-electron chi connectivity index (χ4n) is 7.83. The molecule has 9 rings (SSSR count). The average Bonchev–Trinajstić information content (AvgIpc) is 3.78. The highest BCUT2D eigenvalue weighted by Crippen LogP contribution is 2.68. The third kappa shape index (κ3) is 9.22. The molecule has 0 saturated carbocycles. The molecule has 0 spiro atoms. The van der Waals surface area contributed by atoms with Crippen LogP contribution in [0.3, 0.4) is 0 Å². The van der Waals surface area contributed by atoms with Crippen molar-refractivity contribution in [2.24, 2.45) is 0 Å². The Hall–Kier alpha value is -7.08. The molecule has 0 saturated heterocycles. The molecule has 1 aliphatic heterocycles. The molecule has 4 aliphatic rings. The normalized spacial score (nSPS) is 15.6. The molecule has 3 aliphatic carbocycles. The Bertz CT molecular complexity index is 2610. The van der Waals surface area contributed by atoms with Gasteiger partial charge in [-0.15, -0.1) is 0 Å². The number of methoxy groups -OCH3 is 2. The highest BCUT2D eigenvalue weighted by Gasteiger charge is 2.48. The first-order chi connectivity index (χ1) is 32.0. The molecule has 0 amide bonds. The van der Waals surface area contributed by atoms with Gasteiger partial charge in [0.15, 0.2) is 11.5 Å². The van der Waals surface area contributed by atoms with Gasteiger partial charge in [0.05, 0.1) is 63.2 Å². The number of allylic oxidation sites excluding steroid dienone is 1. The maximum atomic E-state index is 14.3. The standard InChI is InChI=1S/C50H40N2O12S2/c1-27(57-4)22-24-59-49(55)61-31-18-14-29(15-19-31)46(53)63-42-40-38-33-10-6-8-12-35(33)39(36-13-9-7-11-34(36)38)41(40)43(45-44(42)65-48(66-45)37(26-51)52-3)64-47(54)30-16-20-32(21-17-30)62-50(56)60-25-23-28(2)58-5/h6-21,27-28,38-39H,22-25H2,1-2,4-5H3. The highest BCUT2D eigenvalue weighted by atomic mass is 32.2. The van der Waals surface area contributed by atoms with Crippen molar-refractivity contribution < 1.29 is 57.1 Å². The van der Waals surface area contributed by atoms with Crippen LogP contribution in [0.4, 0.5) is 9.59 Å². The lowest BCUT2D eigenvalue weighted by molar-refractivity contribution is 0.0618. The number of carbonyl (C=O) groups is 4. The third-order valence-electron chi connectivity index (χ3n) is 11.3. The van der Waals surface area contributed by atoms with Gasteiger partial charge >= 0.3 is 24.2 Å². The smallest absolute Gasteiger partial charge is 0.434 e. The lowest BCUT2D eigenvalue weighted by Gasteiger charge is -2.43. The van der Waals surface area contributed by atoms with Gasteiger partial charge in [-0.3, -0.25) is 0 Å². The van der Waals surface area contributed by atoms with Gasteiger partial charge in [0, 0.05) is 50.0 Å². The lowest BCUT2D eigenvalue weighted by atomic mass is 9.60. The van der Waals surface area contributed by atoms with Gasteiger partial charge in [-0.2, -0.15) is 0 Å². The van der Waals surface area contributed by atoms with Crippen molar-refractivity contribution in [2.45, 2.75) is 60.5 Å². The number of rotatable bonds is 14. The van der Waals surface area contributed by atoms with Crippen LogP contribution in [0, 0.1) is 17.9 Å². The van der Waals surface area contributed by atoms with Crippen LogP contribution in [0.2, 0.25) is 0 Å². The van der Waals surface area contributed by atoms with E-state index in [0.717, 1.165) is 45.8 Å². The minimum Gasteiger partial charge on any atom is -0.434 e. The Morgan fingerprint density at radius 2 is 1.00 bits per heavy atom. The Morgan fingerprint density at radius 1 is 0.621 bits per heavy atom. The van der Waals surface area contributed by atoms with Crippen LogP contribution in [0.25, 0.3) is 4.85 Å². The highest BCUT2D eigenvalue weighted by molar-refractivity contribution is 8.24. The van der Waals surface area contributed by atoms with Crippen LogP contribution < -0.4 is 18.9 Å². The summed E-state index contributed by atoms with van der Waals surface area (Å²) in [5.41, 5.74) is 5.16. The van der Waals surface area contributed by atoms with Gasteiger partial charge in [-0.05, 0) is 84.6 Å². The van der Waals surface area contributed by atoms with Gasteiger partial charge in [-0.25, -0.2) is 29.3 Å². The summed E-state index contributed by atoms with van der Waals surface area (Å²) in [6, 6.07) is 29.5. The summed E-state index contributed by atoms with van der Waals surface area (Å²) in [6.45, 7) is 11.7. The summed E-state index contributed by atoms with van der Waals surface area (Å²) in [4.78, 5) is 57.5. The largest absolute Gasteiger partial charge is 0.513 e. The number of esters is 2. The molecule has 334 valence electrons. The molecule has 14 nitrogen and oxygen atoms in total. The van der Waals surface area contributed by atoms with Gasteiger partial charge in [0.25, 0.3) is 5.70 Å². The molecule has 1 heterocycles. The molecule has 0 N–H and O–H groups in total. The second-order valence-electron chi connectivity index (χ2n) is 15.2. The van der Waals surface area contributed by atoms with Crippen molar-refractivity contribution in [3.8, 4) is 29.1 Å². The number of hydrogen-bond donors (Lipinski definition) is 0. The summed E-state index contributed by atoms with van der Waals surface area (Å²) < 4.78 is 44.5. The first-order valence-corrected chi connectivity index (χ1v) is 22.3. The molecule has 66 heavy (non-hydrogen) atoms. The molecule has 2 atom stereocenters. The zero-order chi connectivity index (χ0) is 46.5. The van der Waals surface area contributed by atoms with Crippen molar-refractivity contribution in [3.63, 3.8) is 0 Å². The molecule has 0 radical (unpaired) electrons. The van der Waals surface area contributed by atoms with E-state index in [-0.39, 0.29) is 65.2 Å². The van der Waals surface area contributed by atoms with Crippen LogP contribution >= 0.6 is 23.5 Å². The molecule has 16 heteroatoms. The van der Waals surface area contributed by atoms with Gasteiger partial charge < -0.3 is 37.9 Å². The first-order valence-electron chi connectivity index (χ1n) is 20.7. The van der Waals surface area contributed by atoms with E-state index in [1.807, 2.05) is 68.4 Å². The minimum atomic E-state index is -0.908. The monoisotopic (exact) mass is 924 g/mol.